The molecule has 0 radical (unpaired) electrons. The summed E-state index contributed by atoms with van der Waals surface area (Å²) in [6, 6.07) is 1.72. The van der Waals surface area contributed by atoms with Gasteiger partial charge in [-0.3, -0.25) is 0 Å². The summed E-state index contributed by atoms with van der Waals surface area (Å²) in [5, 5.41) is 19.6. The minimum Gasteiger partial charge on any atom is -0.423 e. The van der Waals surface area contributed by atoms with E-state index in [4.69, 9.17) is 10.0 Å². The molecule has 0 aliphatic rings. The second-order valence-electron chi connectivity index (χ2n) is 4.11. The molecule has 0 saturated heterocycles. The maximum Gasteiger partial charge on any atom is 0.499 e. The Morgan fingerprint density at radius 3 is 2.43 bits per heavy atom. The molecular formula is C9H13BO2SSi. The van der Waals surface area contributed by atoms with Gasteiger partial charge in [0.25, 0.3) is 0 Å². The molecule has 0 atom stereocenters. The van der Waals surface area contributed by atoms with E-state index >= 15 is 0 Å². The summed E-state index contributed by atoms with van der Waals surface area (Å²) in [7, 11) is -2.71. The molecule has 1 aromatic rings. The SMILES string of the molecule is C[Si](C)(C)C#Cc1csc(B(O)O)c1. The zero-order chi connectivity index (χ0) is 10.8. The Hall–Kier alpha value is -0.538. The highest BCUT2D eigenvalue weighted by Crippen LogP contribution is 2.04. The van der Waals surface area contributed by atoms with Crippen LogP contribution in [-0.2, 0) is 0 Å². The monoisotopic (exact) mass is 224 g/mol. The molecule has 0 bridgehead atoms. The first-order valence-corrected chi connectivity index (χ1v) is 8.74. The molecule has 2 nitrogen and oxygen atoms in total. The molecular weight excluding hydrogens is 211 g/mol. The summed E-state index contributed by atoms with van der Waals surface area (Å²) < 4.78 is 0.546. The van der Waals surface area contributed by atoms with Crippen LogP contribution in [0.5, 0.6) is 0 Å². The van der Waals surface area contributed by atoms with Gasteiger partial charge in [-0.1, -0.05) is 25.6 Å². The third-order valence-corrected chi connectivity index (χ3v) is 3.30. The largest absolute Gasteiger partial charge is 0.499 e. The summed E-state index contributed by atoms with van der Waals surface area (Å²) in [6.45, 7) is 6.52. The van der Waals surface area contributed by atoms with Crippen molar-refractivity contribution in [2.24, 2.45) is 0 Å². The molecule has 0 fully saturated rings. The van der Waals surface area contributed by atoms with E-state index in [2.05, 4.69) is 31.1 Å². The normalized spacial score (nSPS) is 10.6. The first-order chi connectivity index (χ1) is 6.38. The fourth-order valence-corrected chi connectivity index (χ4v) is 2.04. The van der Waals surface area contributed by atoms with E-state index in [-0.39, 0.29) is 0 Å². The van der Waals surface area contributed by atoms with Crippen molar-refractivity contribution in [1.82, 2.24) is 0 Å². The lowest BCUT2D eigenvalue weighted by Gasteiger charge is -2.02. The van der Waals surface area contributed by atoms with Gasteiger partial charge in [-0.05, 0) is 6.07 Å². The Kier molecular flexibility index (Phi) is 3.56. The van der Waals surface area contributed by atoms with Crippen LogP contribution in [-0.4, -0.2) is 25.2 Å². The van der Waals surface area contributed by atoms with Gasteiger partial charge in [-0.15, -0.1) is 5.54 Å². The molecule has 0 spiro atoms. The average Bonchev–Trinajstić information content (AvgIpc) is 2.47. The fourth-order valence-electron chi connectivity index (χ4n) is 0.813. The van der Waals surface area contributed by atoms with Crippen molar-refractivity contribution in [2.75, 3.05) is 0 Å². The topological polar surface area (TPSA) is 40.5 Å². The predicted molar refractivity (Wildman–Crippen MR) is 64.4 cm³/mol. The molecule has 14 heavy (non-hydrogen) atoms. The van der Waals surface area contributed by atoms with E-state index in [1.54, 1.807) is 6.07 Å². The zero-order valence-electron chi connectivity index (χ0n) is 8.53. The van der Waals surface area contributed by atoms with Crippen LogP contribution in [0.3, 0.4) is 0 Å². The molecule has 1 rings (SSSR count). The van der Waals surface area contributed by atoms with Crippen molar-refractivity contribution in [3.05, 3.63) is 17.0 Å². The average molecular weight is 224 g/mol. The Morgan fingerprint density at radius 1 is 1.36 bits per heavy atom. The second kappa shape index (κ2) is 4.32. The number of hydrogen-bond acceptors (Lipinski definition) is 3. The lowest BCUT2D eigenvalue weighted by atomic mass is 9.89. The summed E-state index contributed by atoms with van der Waals surface area (Å²) in [6.07, 6.45) is 0. The van der Waals surface area contributed by atoms with E-state index in [1.807, 2.05) is 5.38 Å². The van der Waals surface area contributed by atoms with Crippen molar-refractivity contribution in [1.29, 1.82) is 0 Å². The highest BCUT2D eigenvalue weighted by molar-refractivity contribution is 7.20. The van der Waals surface area contributed by atoms with Crippen molar-refractivity contribution in [3.63, 3.8) is 0 Å². The maximum absolute atomic E-state index is 8.89. The lowest BCUT2D eigenvalue weighted by molar-refractivity contribution is 0.427. The predicted octanol–water partition coefficient (Wildman–Crippen LogP) is 0.657. The highest BCUT2D eigenvalue weighted by Gasteiger charge is 2.13. The molecule has 0 saturated carbocycles. The van der Waals surface area contributed by atoms with Gasteiger partial charge in [-0.25, -0.2) is 0 Å². The number of thiophene rings is 1. The number of hydrogen-bond donors (Lipinski definition) is 2. The van der Waals surface area contributed by atoms with Gasteiger partial charge in [0.05, 0.1) is 0 Å². The van der Waals surface area contributed by atoms with Gasteiger partial charge >= 0.3 is 7.12 Å². The lowest BCUT2D eigenvalue weighted by Crippen LogP contribution is -2.26. The van der Waals surface area contributed by atoms with Gasteiger partial charge in [0.1, 0.15) is 8.07 Å². The van der Waals surface area contributed by atoms with Gasteiger partial charge in [-0.2, -0.15) is 11.3 Å². The van der Waals surface area contributed by atoms with E-state index in [9.17, 15) is 0 Å². The minimum absolute atomic E-state index is 0.546. The quantitative estimate of drug-likeness (QED) is 0.543. The maximum atomic E-state index is 8.89. The molecule has 1 aromatic heterocycles. The summed E-state index contributed by atoms with van der Waals surface area (Å²) in [5.74, 6) is 3.06. The molecule has 0 unspecified atom stereocenters. The summed E-state index contributed by atoms with van der Waals surface area (Å²) in [4.78, 5) is 0. The van der Waals surface area contributed by atoms with E-state index < -0.39 is 15.2 Å². The van der Waals surface area contributed by atoms with Crippen molar-refractivity contribution in [3.8, 4) is 11.5 Å². The van der Waals surface area contributed by atoms with Gasteiger partial charge < -0.3 is 10.0 Å². The van der Waals surface area contributed by atoms with Crippen LogP contribution in [0.2, 0.25) is 19.6 Å². The van der Waals surface area contributed by atoms with E-state index in [0.29, 0.717) is 4.78 Å². The molecule has 0 aromatic carbocycles. The first kappa shape index (κ1) is 11.5. The highest BCUT2D eigenvalue weighted by atomic mass is 32.1. The van der Waals surface area contributed by atoms with Crippen LogP contribution < -0.4 is 4.78 Å². The molecule has 2 N–H and O–H groups in total. The first-order valence-electron chi connectivity index (χ1n) is 4.36. The van der Waals surface area contributed by atoms with Crippen molar-refractivity contribution < 1.29 is 10.0 Å². The van der Waals surface area contributed by atoms with Crippen LogP contribution in [0.1, 0.15) is 5.56 Å². The molecule has 74 valence electrons. The third-order valence-electron chi connectivity index (χ3n) is 1.46. The molecule has 0 amide bonds. The Morgan fingerprint density at radius 2 is 2.00 bits per heavy atom. The summed E-state index contributed by atoms with van der Waals surface area (Å²) in [5.41, 5.74) is 4.10. The van der Waals surface area contributed by atoms with Crippen LogP contribution >= 0.6 is 11.3 Å². The molecule has 1 heterocycles. The molecule has 0 aliphatic heterocycles. The third kappa shape index (κ3) is 3.68. The second-order valence-corrected chi connectivity index (χ2v) is 9.80. The van der Waals surface area contributed by atoms with Crippen molar-refractivity contribution >= 4 is 31.3 Å². The van der Waals surface area contributed by atoms with Crippen LogP contribution in [0.4, 0.5) is 0 Å². The Bertz CT molecular complexity index is 370. The number of rotatable bonds is 1. The van der Waals surface area contributed by atoms with Gasteiger partial charge in [0.2, 0.25) is 0 Å². The van der Waals surface area contributed by atoms with Gasteiger partial charge in [0.15, 0.2) is 0 Å². The van der Waals surface area contributed by atoms with Crippen LogP contribution in [0.15, 0.2) is 11.4 Å². The Balaban J connectivity index is 2.82. The van der Waals surface area contributed by atoms with Crippen LogP contribution in [0, 0.1) is 11.5 Å². The van der Waals surface area contributed by atoms with Gasteiger partial charge in [0, 0.05) is 15.7 Å². The Labute approximate surface area is 89.8 Å². The van der Waals surface area contributed by atoms with Crippen molar-refractivity contribution in [2.45, 2.75) is 19.6 Å². The van der Waals surface area contributed by atoms with E-state index in [1.165, 1.54) is 11.3 Å². The zero-order valence-corrected chi connectivity index (χ0v) is 10.4. The van der Waals surface area contributed by atoms with E-state index in [0.717, 1.165) is 5.56 Å². The standard InChI is InChI=1S/C9H13BO2SSi/c1-14(2,3)5-4-8-6-9(10(11)12)13-7-8/h6-7,11-12H,1-3H3. The minimum atomic E-state index is -1.37. The summed E-state index contributed by atoms with van der Waals surface area (Å²) >= 11 is 1.32. The fraction of sp³-hybridized carbons (Fsp3) is 0.333. The van der Waals surface area contributed by atoms with Crippen LogP contribution in [0.25, 0.3) is 0 Å². The smallest absolute Gasteiger partial charge is 0.423 e. The molecule has 0 aliphatic carbocycles. The molecule has 5 heteroatoms.